The zero-order chi connectivity index (χ0) is 14.0. The topological polar surface area (TPSA) is 104 Å². The van der Waals surface area contributed by atoms with Crippen molar-refractivity contribution in [3.8, 4) is 17.0 Å². The fraction of sp³-hybridized carbons (Fsp3) is 0.0909. The molecule has 0 bridgehead atoms. The van der Waals surface area contributed by atoms with Crippen molar-refractivity contribution in [2.45, 2.75) is 0 Å². The van der Waals surface area contributed by atoms with Crippen LogP contribution < -0.4 is 10.5 Å². The summed E-state index contributed by atoms with van der Waals surface area (Å²) in [5, 5.41) is 10.9. The molecule has 7 nitrogen and oxygen atoms in total. The van der Waals surface area contributed by atoms with Crippen LogP contribution in [0, 0.1) is 15.9 Å². The Morgan fingerprint density at radius 2 is 2.21 bits per heavy atom. The van der Waals surface area contributed by atoms with Gasteiger partial charge in [0.05, 0.1) is 12.0 Å². The molecule has 19 heavy (non-hydrogen) atoms. The van der Waals surface area contributed by atoms with Crippen molar-refractivity contribution in [3.63, 3.8) is 0 Å². The smallest absolute Gasteiger partial charge is 0.313 e. The molecule has 0 fully saturated rings. The third-order valence-corrected chi connectivity index (χ3v) is 2.42. The number of halogens is 1. The average Bonchev–Trinajstić information content (AvgIpc) is 2.38. The molecule has 2 rings (SSSR count). The highest BCUT2D eigenvalue weighted by molar-refractivity contribution is 5.70. The molecule has 0 aliphatic rings. The van der Waals surface area contributed by atoms with Crippen LogP contribution in [0.25, 0.3) is 11.3 Å². The van der Waals surface area contributed by atoms with Crippen LogP contribution in [0.5, 0.6) is 5.75 Å². The zero-order valence-corrected chi connectivity index (χ0v) is 9.83. The van der Waals surface area contributed by atoms with Gasteiger partial charge in [0.15, 0.2) is 5.69 Å². The lowest BCUT2D eigenvalue weighted by Gasteiger charge is -2.06. The van der Waals surface area contributed by atoms with Gasteiger partial charge in [0, 0.05) is 11.6 Å². The highest BCUT2D eigenvalue weighted by atomic mass is 19.1. The predicted molar refractivity (Wildman–Crippen MR) is 65.0 cm³/mol. The summed E-state index contributed by atoms with van der Waals surface area (Å²) in [5.74, 6) is -0.567. The summed E-state index contributed by atoms with van der Waals surface area (Å²) in [4.78, 5) is 17.4. The summed E-state index contributed by atoms with van der Waals surface area (Å²) in [6, 6.07) is 3.92. The number of nitrogens with two attached hydrogens (primary N) is 1. The lowest BCUT2D eigenvalue weighted by Crippen LogP contribution is -2.02. The van der Waals surface area contributed by atoms with Crippen LogP contribution in [0.3, 0.4) is 0 Å². The van der Waals surface area contributed by atoms with E-state index in [9.17, 15) is 14.5 Å². The van der Waals surface area contributed by atoms with E-state index in [4.69, 9.17) is 10.5 Å². The summed E-state index contributed by atoms with van der Waals surface area (Å²) in [6.45, 7) is 0. The van der Waals surface area contributed by atoms with E-state index in [1.807, 2.05) is 0 Å². The summed E-state index contributed by atoms with van der Waals surface area (Å²) < 4.78 is 18.8. The van der Waals surface area contributed by atoms with Gasteiger partial charge in [-0.15, -0.1) is 0 Å². The minimum atomic E-state index is -0.696. The number of aromatic nitrogens is 2. The first-order valence-corrected chi connectivity index (χ1v) is 5.13. The van der Waals surface area contributed by atoms with Gasteiger partial charge in [-0.05, 0) is 12.1 Å². The van der Waals surface area contributed by atoms with E-state index in [-0.39, 0.29) is 17.2 Å². The van der Waals surface area contributed by atoms with Gasteiger partial charge in [0.2, 0.25) is 5.95 Å². The SMILES string of the molecule is COc1ccc(-c2nc(N)ncc2[N+](=O)[O-])c(F)c1. The van der Waals surface area contributed by atoms with Crippen molar-refractivity contribution < 1.29 is 14.1 Å². The lowest BCUT2D eigenvalue weighted by atomic mass is 10.1. The number of anilines is 1. The maximum atomic E-state index is 13.9. The van der Waals surface area contributed by atoms with Gasteiger partial charge in [0.25, 0.3) is 0 Å². The molecule has 1 aromatic carbocycles. The number of hydrogen-bond donors (Lipinski definition) is 1. The number of hydrogen-bond acceptors (Lipinski definition) is 6. The number of nitro groups is 1. The Hall–Kier alpha value is -2.77. The monoisotopic (exact) mass is 264 g/mol. The number of nitrogen functional groups attached to an aromatic ring is 1. The minimum Gasteiger partial charge on any atom is -0.497 e. The highest BCUT2D eigenvalue weighted by Gasteiger charge is 2.21. The Morgan fingerprint density at radius 3 is 2.79 bits per heavy atom. The van der Waals surface area contributed by atoms with Crippen molar-refractivity contribution >= 4 is 11.6 Å². The molecule has 0 atom stereocenters. The molecule has 2 aromatic rings. The quantitative estimate of drug-likeness (QED) is 0.669. The first-order valence-electron chi connectivity index (χ1n) is 5.13. The summed E-state index contributed by atoms with van der Waals surface area (Å²) in [6.07, 6.45) is 0.946. The second-order valence-corrected chi connectivity index (χ2v) is 3.56. The van der Waals surface area contributed by atoms with Gasteiger partial charge in [-0.3, -0.25) is 10.1 Å². The molecular weight excluding hydrogens is 255 g/mol. The Kier molecular flexibility index (Phi) is 3.23. The van der Waals surface area contributed by atoms with E-state index in [0.29, 0.717) is 5.75 Å². The van der Waals surface area contributed by atoms with Crippen molar-refractivity contribution in [2.75, 3.05) is 12.8 Å². The normalized spacial score (nSPS) is 10.2. The molecule has 0 spiro atoms. The van der Waals surface area contributed by atoms with Gasteiger partial charge < -0.3 is 10.5 Å². The van der Waals surface area contributed by atoms with Gasteiger partial charge in [0.1, 0.15) is 17.8 Å². The fourth-order valence-corrected chi connectivity index (χ4v) is 1.54. The van der Waals surface area contributed by atoms with Crippen LogP contribution in [0.1, 0.15) is 0 Å². The standard InChI is InChI=1S/C11H9FN4O3/c1-19-6-2-3-7(8(12)4-6)10-9(16(17)18)5-14-11(13)15-10/h2-5H,1H3,(H2,13,14,15). The fourth-order valence-electron chi connectivity index (χ4n) is 1.54. The van der Waals surface area contributed by atoms with Crippen molar-refractivity contribution in [3.05, 3.63) is 40.3 Å². The van der Waals surface area contributed by atoms with Crippen LogP contribution in [0.15, 0.2) is 24.4 Å². The van der Waals surface area contributed by atoms with Crippen LogP contribution in [0.4, 0.5) is 16.0 Å². The highest BCUT2D eigenvalue weighted by Crippen LogP contribution is 2.31. The van der Waals surface area contributed by atoms with E-state index >= 15 is 0 Å². The van der Waals surface area contributed by atoms with E-state index in [0.717, 1.165) is 12.3 Å². The molecule has 1 aromatic heterocycles. The van der Waals surface area contributed by atoms with E-state index in [2.05, 4.69) is 9.97 Å². The second kappa shape index (κ2) is 4.84. The number of rotatable bonds is 3. The molecule has 2 N–H and O–H groups in total. The van der Waals surface area contributed by atoms with Crippen molar-refractivity contribution in [1.82, 2.24) is 9.97 Å². The number of nitrogens with zero attached hydrogens (tertiary/aromatic N) is 3. The van der Waals surface area contributed by atoms with Crippen molar-refractivity contribution in [1.29, 1.82) is 0 Å². The first kappa shape index (κ1) is 12.7. The van der Waals surface area contributed by atoms with Gasteiger partial charge >= 0.3 is 5.69 Å². The van der Waals surface area contributed by atoms with Gasteiger partial charge in [-0.1, -0.05) is 0 Å². The van der Waals surface area contributed by atoms with E-state index in [1.165, 1.54) is 19.2 Å². The van der Waals surface area contributed by atoms with Crippen LogP contribution in [-0.2, 0) is 0 Å². The summed E-state index contributed by atoms with van der Waals surface area (Å²) >= 11 is 0. The Bertz CT molecular complexity index is 648. The van der Waals surface area contributed by atoms with Gasteiger partial charge in [-0.25, -0.2) is 14.4 Å². The molecule has 0 aliphatic carbocycles. The zero-order valence-electron chi connectivity index (χ0n) is 9.83. The van der Waals surface area contributed by atoms with Crippen LogP contribution >= 0.6 is 0 Å². The molecule has 0 amide bonds. The second-order valence-electron chi connectivity index (χ2n) is 3.56. The number of methoxy groups -OCH3 is 1. The van der Waals surface area contributed by atoms with Crippen molar-refractivity contribution in [2.24, 2.45) is 0 Å². The lowest BCUT2D eigenvalue weighted by molar-refractivity contribution is -0.384. The maximum Gasteiger partial charge on any atom is 0.313 e. The van der Waals surface area contributed by atoms with E-state index < -0.39 is 16.4 Å². The molecular formula is C11H9FN4O3. The average molecular weight is 264 g/mol. The van der Waals surface area contributed by atoms with E-state index in [1.54, 1.807) is 0 Å². The molecule has 0 unspecified atom stereocenters. The maximum absolute atomic E-state index is 13.9. The Balaban J connectivity index is 2.64. The molecule has 1 heterocycles. The van der Waals surface area contributed by atoms with Crippen LogP contribution in [0.2, 0.25) is 0 Å². The van der Waals surface area contributed by atoms with Gasteiger partial charge in [-0.2, -0.15) is 0 Å². The Morgan fingerprint density at radius 1 is 1.47 bits per heavy atom. The Labute approximate surface area is 107 Å². The number of ether oxygens (including phenoxy) is 1. The molecule has 0 saturated carbocycles. The summed E-state index contributed by atoms with van der Waals surface area (Å²) in [7, 11) is 1.39. The molecule has 0 aliphatic heterocycles. The third kappa shape index (κ3) is 2.41. The van der Waals surface area contributed by atoms with Crippen LogP contribution in [-0.4, -0.2) is 22.0 Å². The molecule has 8 heteroatoms. The largest absolute Gasteiger partial charge is 0.497 e. The number of benzene rings is 1. The predicted octanol–water partition coefficient (Wildman–Crippen LogP) is 1.78. The molecule has 98 valence electrons. The molecule has 0 saturated heterocycles. The first-order chi connectivity index (χ1) is 9.02. The molecule has 0 radical (unpaired) electrons. The minimum absolute atomic E-state index is 0.0402. The third-order valence-electron chi connectivity index (χ3n) is 2.42. The summed E-state index contributed by atoms with van der Waals surface area (Å²) in [5.41, 5.74) is 4.75.